The number of fused-ring (bicyclic) bond motifs is 1. The van der Waals surface area contributed by atoms with E-state index in [-0.39, 0.29) is 12.0 Å². The summed E-state index contributed by atoms with van der Waals surface area (Å²) in [6.45, 7) is 4.62. The Kier molecular flexibility index (Phi) is 10.1. The van der Waals surface area contributed by atoms with E-state index in [1.807, 2.05) is 24.3 Å². The maximum Gasteiger partial charge on any atom is 0.335 e. The second-order valence-electron chi connectivity index (χ2n) is 13.0. The van der Waals surface area contributed by atoms with Crippen LogP contribution < -0.4 is 0 Å². The van der Waals surface area contributed by atoms with E-state index < -0.39 is 27.3 Å². The van der Waals surface area contributed by atoms with Crippen molar-refractivity contribution >= 4 is 44.7 Å². The molecular formula is C43H39NO5S. The minimum Gasteiger partial charge on any atom is -0.748 e. The van der Waals surface area contributed by atoms with Gasteiger partial charge >= 0.3 is 5.97 Å². The van der Waals surface area contributed by atoms with Gasteiger partial charge < -0.3 is 9.66 Å². The highest BCUT2D eigenvalue weighted by atomic mass is 32.2. The van der Waals surface area contributed by atoms with Crippen LogP contribution in [-0.2, 0) is 15.5 Å². The lowest BCUT2D eigenvalue weighted by molar-refractivity contribution is -0.438. The van der Waals surface area contributed by atoms with E-state index in [1.165, 1.54) is 0 Å². The van der Waals surface area contributed by atoms with Crippen LogP contribution in [0.1, 0.15) is 70.4 Å². The summed E-state index contributed by atoms with van der Waals surface area (Å²) in [7, 11) is -4.30. The fourth-order valence-electron chi connectivity index (χ4n) is 6.76. The third-order valence-electron chi connectivity index (χ3n) is 9.24. The van der Waals surface area contributed by atoms with Gasteiger partial charge in [-0.25, -0.2) is 13.2 Å². The highest BCUT2D eigenvalue weighted by molar-refractivity contribution is 7.85. The molecule has 0 saturated carbocycles. The molecule has 1 aliphatic rings. The van der Waals surface area contributed by atoms with Crippen molar-refractivity contribution in [2.75, 3.05) is 12.3 Å². The molecule has 6 nitrogen and oxygen atoms in total. The zero-order valence-electron chi connectivity index (χ0n) is 28.1. The fourth-order valence-corrected chi connectivity index (χ4v) is 7.32. The number of hydrogen-bond acceptors (Lipinski definition) is 4. The summed E-state index contributed by atoms with van der Waals surface area (Å²) in [6, 6.07) is 44.9. The van der Waals surface area contributed by atoms with Crippen LogP contribution in [0.3, 0.4) is 0 Å². The maximum absolute atomic E-state index is 11.8. The molecule has 0 unspecified atom stereocenters. The molecule has 0 aromatic heterocycles. The van der Waals surface area contributed by atoms with Gasteiger partial charge in [0, 0.05) is 29.9 Å². The van der Waals surface area contributed by atoms with Crippen molar-refractivity contribution in [1.29, 1.82) is 0 Å². The molecule has 5 aromatic carbocycles. The fraction of sp³-hybridized carbons (Fsp3) is 0.163. The standard InChI is InChI=1S/C43H39NO5S/c1-43(2)37-30-36(42(45)46)25-26-38(37)44(28-12-13-29-50(47,48)49)39(43)27-22-31-20-23-35(24-21-31)41(34-18-10-5-11-19-34)40(32-14-6-3-7-15-32)33-16-8-4-9-17-33/h3-11,14-27,30H,12-13,28-29H2,1-2H3,(H-,45,46,47,48,49)/b27-22+. The number of unbranched alkanes of at least 4 members (excludes halogenated alkanes) is 1. The lowest BCUT2D eigenvalue weighted by atomic mass is 9.80. The third kappa shape index (κ3) is 7.59. The van der Waals surface area contributed by atoms with Gasteiger partial charge in [-0.2, -0.15) is 4.58 Å². The summed E-state index contributed by atoms with van der Waals surface area (Å²) >= 11 is 0. The lowest BCUT2D eigenvalue weighted by Gasteiger charge is -2.18. The summed E-state index contributed by atoms with van der Waals surface area (Å²) < 4.78 is 35.8. The van der Waals surface area contributed by atoms with E-state index in [0.717, 1.165) is 55.9 Å². The minimum atomic E-state index is -4.30. The smallest absolute Gasteiger partial charge is 0.335 e. The number of carboxylic acid groups (broad SMARTS) is 1. The first-order valence-corrected chi connectivity index (χ1v) is 18.3. The first kappa shape index (κ1) is 34.5. The van der Waals surface area contributed by atoms with Crippen LogP contribution in [0.25, 0.3) is 17.2 Å². The largest absolute Gasteiger partial charge is 0.748 e. The van der Waals surface area contributed by atoms with Crippen LogP contribution in [0, 0.1) is 0 Å². The van der Waals surface area contributed by atoms with Gasteiger partial charge in [0.05, 0.1) is 21.1 Å². The highest BCUT2D eigenvalue weighted by Crippen LogP contribution is 2.41. The Morgan fingerprint density at radius 2 is 1.16 bits per heavy atom. The lowest BCUT2D eigenvalue weighted by Crippen LogP contribution is -2.28. The summed E-state index contributed by atoms with van der Waals surface area (Å²) in [5, 5.41) is 9.69. The number of allylic oxidation sites excluding steroid dienone is 1. The Bertz CT molecular complexity index is 2160. The molecule has 0 radical (unpaired) electrons. The Balaban J connectivity index is 1.40. The van der Waals surface area contributed by atoms with Crippen molar-refractivity contribution in [2.45, 2.75) is 32.1 Å². The van der Waals surface area contributed by atoms with Crippen LogP contribution in [-0.4, -0.2) is 46.6 Å². The van der Waals surface area contributed by atoms with E-state index in [9.17, 15) is 22.9 Å². The number of carbonyl (C=O) groups is 1. The maximum atomic E-state index is 11.8. The first-order valence-electron chi connectivity index (χ1n) is 16.7. The average molecular weight is 682 g/mol. The van der Waals surface area contributed by atoms with Gasteiger partial charge in [0.2, 0.25) is 5.69 Å². The van der Waals surface area contributed by atoms with Crippen LogP contribution in [0.2, 0.25) is 0 Å². The minimum absolute atomic E-state index is 0.211. The summed E-state index contributed by atoms with van der Waals surface area (Å²) in [4.78, 5) is 11.8. The SMILES string of the molecule is CC1(C)C(/C=C/c2ccc(C(=C(c3ccccc3)c3ccccc3)c3ccccc3)cc2)=[N+](CCCCS(=O)(=O)[O-])c2ccc(C(=O)O)cc21. The predicted octanol–water partition coefficient (Wildman–Crippen LogP) is 8.81. The molecule has 0 atom stereocenters. The number of aromatic carboxylic acids is 1. The monoisotopic (exact) mass is 681 g/mol. The number of hydrogen-bond donors (Lipinski definition) is 1. The zero-order valence-corrected chi connectivity index (χ0v) is 28.9. The number of rotatable bonds is 12. The van der Waals surface area contributed by atoms with E-state index >= 15 is 0 Å². The van der Waals surface area contributed by atoms with Gasteiger partial charge in [0.25, 0.3) is 0 Å². The number of carboxylic acids is 1. The van der Waals surface area contributed by atoms with Crippen LogP contribution in [0.4, 0.5) is 5.69 Å². The molecular weight excluding hydrogens is 643 g/mol. The predicted molar refractivity (Wildman–Crippen MR) is 200 cm³/mol. The second kappa shape index (κ2) is 14.6. The highest BCUT2D eigenvalue weighted by Gasteiger charge is 2.44. The number of nitrogens with zero attached hydrogens (tertiary/aromatic N) is 1. The van der Waals surface area contributed by atoms with Crippen molar-refractivity contribution in [3.05, 3.63) is 178 Å². The summed E-state index contributed by atoms with van der Waals surface area (Å²) in [5.74, 6) is -1.41. The van der Waals surface area contributed by atoms with E-state index in [2.05, 4.69) is 128 Å². The third-order valence-corrected chi connectivity index (χ3v) is 10.0. The van der Waals surface area contributed by atoms with E-state index in [4.69, 9.17) is 0 Å². The van der Waals surface area contributed by atoms with Crippen molar-refractivity contribution in [2.24, 2.45) is 0 Å². The molecule has 1 heterocycles. The molecule has 0 bridgehead atoms. The Labute approximate surface area is 294 Å². The van der Waals surface area contributed by atoms with Gasteiger partial charge in [-0.15, -0.1) is 0 Å². The second-order valence-corrected chi connectivity index (χ2v) is 14.5. The molecule has 1 N–H and O–H groups in total. The normalized spacial score (nSPS) is 13.7. The quantitative estimate of drug-likeness (QED) is 0.0615. The average Bonchev–Trinajstić information content (AvgIpc) is 3.33. The Hall–Kier alpha value is -5.37. The molecule has 0 spiro atoms. The van der Waals surface area contributed by atoms with Gasteiger partial charge in [0.1, 0.15) is 6.54 Å². The molecule has 5 aromatic rings. The van der Waals surface area contributed by atoms with Crippen LogP contribution in [0.15, 0.2) is 140 Å². The van der Waals surface area contributed by atoms with E-state index in [1.54, 1.807) is 12.1 Å². The molecule has 7 heteroatoms. The molecule has 1 aliphatic heterocycles. The molecule has 252 valence electrons. The van der Waals surface area contributed by atoms with E-state index in [0.29, 0.717) is 13.0 Å². The van der Waals surface area contributed by atoms with Crippen LogP contribution >= 0.6 is 0 Å². The molecule has 6 rings (SSSR count). The molecule has 0 aliphatic carbocycles. The molecule has 0 saturated heterocycles. The topological polar surface area (TPSA) is 97.5 Å². The molecule has 50 heavy (non-hydrogen) atoms. The Morgan fingerprint density at radius 1 is 0.680 bits per heavy atom. The van der Waals surface area contributed by atoms with Gasteiger partial charge in [-0.3, -0.25) is 0 Å². The van der Waals surface area contributed by atoms with Crippen molar-refractivity contribution in [3.8, 4) is 0 Å². The number of benzene rings is 5. The first-order chi connectivity index (χ1) is 24.0. The van der Waals surface area contributed by atoms with Crippen molar-refractivity contribution < 1.29 is 27.4 Å². The van der Waals surface area contributed by atoms with Crippen molar-refractivity contribution in [3.63, 3.8) is 0 Å². The van der Waals surface area contributed by atoms with Gasteiger partial charge in [-0.05, 0) is 77.4 Å². The van der Waals surface area contributed by atoms with Gasteiger partial charge in [-0.1, -0.05) is 115 Å². The molecule has 0 amide bonds. The summed E-state index contributed by atoms with van der Waals surface area (Å²) in [5.41, 5.74) is 10.1. The van der Waals surface area contributed by atoms with Crippen molar-refractivity contribution in [1.82, 2.24) is 0 Å². The van der Waals surface area contributed by atoms with Crippen LogP contribution in [0.5, 0.6) is 0 Å². The summed E-state index contributed by atoms with van der Waals surface area (Å²) in [6.07, 6.45) is 4.85. The zero-order chi connectivity index (χ0) is 35.3. The Morgan fingerprint density at radius 3 is 1.64 bits per heavy atom. The molecule has 0 fully saturated rings. The van der Waals surface area contributed by atoms with Gasteiger partial charge in [0.15, 0.2) is 5.71 Å².